The Hall–Kier alpha value is -1.27. The quantitative estimate of drug-likeness (QED) is 0.675. The van der Waals surface area contributed by atoms with Gasteiger partial charge in [-0.2, -0.15) is 11.8 Å². The highest BCUT2D eigenvalue weighted by atomic mass is 32.2. The number of H-pyrrole nitrogens is 1. The van der Waals surface area contributed by atoms with Crippen LogP contribution in [0.25, 0.3) is 0 Å². The number of aromatic amines is 1. The molecule has 1 rings (SSSR count). The molecule has 0 spiro atoms. The zero-order valence-corrected chi connectivity index (χ0v) is 11.6. The predicted octanol–water partition coefficient (Wildman–Crippen LogP) is 1.06. The molecule has 100 valence electrons. The van der Waals surface area contributed by atoms with Crippen LogP contribution < -0.4 is 5.32 Å². The summed E-state index contributed by atoms with van der Waals surface area (Å²) in [7, 11) is 0. The smallest absolute Gasteiger partial charge is 0.267 e. The molecule has 0 saturated heterocycles. The molecule has 18 heavy (non-hydrogen) atoms. The fraction of sp³-hybridized carbons (Fsp3) is 0.500. The van der Waals surface area contributed by atoms with Crippen LogP contribution >= 0.6 is 11.8 Å². The number of amides is 1. The van der Waals surface area contributed by atoms with E-state index in [-0.39, 0.29) is 18.2 Å². The first-order valence-corrected chi connectivity index (χ1v) is 6.94. The highest BCUT2D eigenvalue weighted by Gasteiger charge is 2.21. The Morgan fingerprint density at radius 2 is 2.22 bits per heavy atom. The van der Waals surface area contributed by atoms with Crippen LogP contribution in [0.4, 0.5) is 0 Å². The van der Waals surface area contributed by atoms with Crippen molar-refractivity contribution >= 4 is 23.5 Å². The van der Waals surface area contributed by atoms with Gasteiger partial charge in [-0.15, -0.1) is 0 Å². The van der Waals surface area contributed by atoms with Crippen molar-refractivity contribution in [1.29, 1.82) is 0 Å². The van der Waals surface area contributed by atoms with Gasteiger partial charge >= 0.3 is 0 Å². The molecule has 1 unspecified atom stereocenters. The maximum absolute atomic E-state index is 11.8. The predicted molar refractivity (Wildman–Crippen MR) is 72.1 cm³/mol. The van der Waals surface area contributed by atoms with E-state index < -0.39 is 5.60 Å². The van der Waals surface area contributed by atoms with Gasteiger partial charge in [0.15, 0.2) is 5.78 Å². The highest BCUT2D eigenvalue weighted by molar-refractivity contribution is 7.98. The van der Waals surface area contributed by atoms with E-state index in [0.717, 1.165) is 0 Å². The summed E-state index contributed by atoms with van der Waals surface area (Å²) in [5, 5.41) is 12.5. The van der Waals surface area contributed by atoms with Gasteiger partial charge in [0.2, 0.25) is 0 Å². The molecule has 0 aliphatic heterocycles. The number of hydrogen-bond acceptors (Lipinski definition) is 4. The van der Waals surface area contributed by atoms with Gasteiger partial charge < -0.3 is 15.4 Å². The van der Waals surface area contributed by atoms with Crippen LogP contribution in [-0.2, 0) is 0 Å². The maximum Gasteiger partial charge on any atom is 0.267 e. The standard InChI is InChI=1S/C12H18N2O3S/c1-8(15)9-4-10(13-5-9)11(16)14-6-12(2,17)7-18-3/h4-5,13,17H,6-7H2,1-3H3,(H,14,16). The number of carbonyl (C=O) groups is 2. The van der Waals surface area contributed by atoms with Crippen LogP contribution in [0.2, 0.25) is 0 Å². The Labute approximate surface area is 110 Å². The lowest BCUT2D eigenvalue weighted by atomic mass is 10.1. The van der Waals surface area contributed by atoms with E-state index in [4.69, 9.17) is 0 Å². The van der Waals surface area contributed by atoms with Crippen molar-refractivity contribution in [1.82, 2.24) is 10.3 Å². The van der Waals surface area contributed by atoms with E-state index in [1.165, 1.54) is 30.9 Å². The minimum absolute atomic E-state index is 0.0975. The first kappa shape index (κ1) is 14.8. The minimum Gasteiger partial charge on any atom is -0.387 e. The average Bonchev–Trinajstić information content (AvgIpc) is 2.75. The molecule has 0 radical (unpaired) electrons. The Morgan fingerprint density at radius 3 is 2.72 bits per heavy atom. The van der Waals surface area contributed by atoms with E-state index in [0.29, 0.717) is 17.0 Å². The molecule has 0 bridgehead atoms. The second kappa shape index (κ2) is 6.06. The topological polar surface area (TPSA) is 82.2 Å². The third kappa shape index (κ3) is 4.19. The van der Waals surface area contributed by atoms with E-state index in [1.807, 2.05) is 6.26 Å². The molecule has 1 aromatic heterocycles. The van der Waals surface area contributed by atoms with Gasteiger partial charge in [0.1, 0.15) is 5.69 Å². The summed E-state index contributed by atoms with van der Waals surface area (Å²) in [4.78, 5) is 25.6. The molecule has 0 aliphatic rings. The molecule has 1 atom stereocenters. The molecular formula is C12H18N2O3S. The van der Waals surface area contributed by atoms with Crippen LogP contribution in [0.1, 0.15) is 34.7 Å². The van der Waals surface area contributed by atoms with Gasteiger partial charge in [0.05, 0.1) is 5.60 Å². The normalized spacial score (nSPS) is 14.0. The monoisotopic (exact) mass is 270 g/mol. The summed E-state index contributed by atoms with van der Waals surface area (Å²) in [6.45, 7) is 3.27. The molecular weight excluding hydrogens is 252 g/mol. The van der Waals surface area contributed by atoms with Crippen molar-refractivity contribution in [2.75, 3.05) is 18.6 Å². The first-order valence-electron chi connectivity index (χ1n) is 5.54. The van der Waals surface area contributed by atoms with Crippen LogP contribution in [0.5, 0.6) is 0 Å². The van der Waals surface area contributed by atoms with E-state index in [2.05, 4.69) is 10.3 Å². The van der Waals surface area contributed by atoms with E-state index >= 15 is 0 Å². The third-order valence-corrected chi connectivity index (χ3v) is 3.33. The maximum atomic E-state index is 11.8. The summed E-state index contributed by atoms with van der Waals surface area (Å²) in [5.41, 5.74) is -0.151. The van der Waals surface area contributed by atoms with Gasteiger partial charge in [0.25, 0.3) is 5.91 Å². The zero-order valence-electron chi connectivity index (χ0n) is 10.7. The number of hydrogen-bond donors (Lipinski definition) is 3. The van der Waals surface area contributed by atoms with Crippen molar-refractivity contribution in [3.8, 4) is 0 Å². The summed E-state index contributed by atoms with van der Waals surface area (Å²) < 4.78 is 0. The van der Waals surface area contributed by atoms with Gasteiger partial charge in [-0.3, -0.25) is 9.59 Å². The number of nitrogens with one attached hydrogen (secondary N) is 2. The lowest BCUT2D eigenvalue weighted by Crippen LogP contribution is -2.42. The van der Waals surface area contributed by atoms with Gasteiger partial charge in [-0.25, -0.2) is 0 Å². The van der Waals surface area contributed by atoms with Crippen molar-refractivity contribution in [2.45, 2.75) is 19.4 Å². The lowest BCUT2D eigenvalue weighted by molar-refractivity contribution is 0.0722. The molecule has 0 fully saturated rings. The van der Waals surface area contributed by atoms with Gasteiger partial charge in [0, 0.05) is 24.1 Å². The van der Waals surface area contributed by atoms with Crippen molar-refractivity contribution in [3.05, 3.63) is 23.5 Å². The largest absolute Gasteiger partial charge is 0.387 e. The fourth-order valence-electron chi connectivity index (χ4n) is 1.46. The van der Waals surface area contributed by atoms with Crippen LogP contribution in [0.15, 0.2) is 12.3 Å². The van der Waals surface area contributed by atoms with Crippen molar-refractivity contribution in [2.24, 2.45) is 0 Å². The molecule has 0 aromatic carbocycles. The zero-order chi connectivity index (χ0) is 13.8. The van der Waals surface area contributed by atoms with Crippen LogP contribution in [0, 0.1) is 0 Å². The fourth-order valence-corrected chi connectivity index (χ4v) is 2.18. The summed E-state index contributed by atoms with van der Waals surface area (Å²) in [6, 6.07) is 1.50. The summed E-state index contributed by atoms with van der Waals surface area (Å²) >= 11 is 1.51. The molecule has 3 N–H and O–H groups in total. The molecule has 0 saturated carbocycles. The third-order valence-electron chi connectivity index (χ3n) is 2.42. The number of aliphatic hydroxyl groups is 1. The van der Waals surface area contributed by atoms with Crippen LogP contribution in [0.3, 0.4) is 0 Å². The molecule has 1 amide bonds. The highest BCUT2D eigenvalue weighted by Crippen LogP contribution is 2.10. The Balaban J connectivity index is 2.57. The minimum atomic E-state index is -0.939. The summed E-state index contributed by atoms with van der Waals surface area (Å²) in [6.07, 6.45) is 3.39. The molecule has 0 aliphatic carbocycles. The molecule has 5 nitrogen and oxygen atoms in total. The number of rotatable bonds is 6. The Bertz CT molecular complexity index is 440. The summed E-state index contributed by atoms with van der Waals surface area (Å²) in [5.74, 6) is 0.111. The lowest BCUT2D eigenvalue weighted by Gasteiger charge is -2.22. The Morgan fingerprint density at radius 1 is 1.56 bits per heavy atom. The first-order chi connectivity index (χ1) is 8.35. The average molecular weight is 270 g/mol. The number of ketones is 1. The number of aromatic nitrogens is 1. The Kier molecular flexibility index (Phi) is 4.98. The van der Waals surface area contributed by atoms with E-state index in [1.54, 1.807) is 6.92 Å². The molecule has 1 heterocycles. The van der Waals surface area contributed by atoms with Crippen molar-refractivity contribution < 1.29 is 14.7 Å². The van der Waals surface area contributed by atoms with Crippen LogP contribution in [-0.4, -0.2) is 45.9 Å². The van der Waals surface area contributed by atoms with Crippen molar-refractivity contribution in [3.63, 3.8) is 0 Å². The second-order valence-corrected chi connectivity index (χ2v) is 5.34. The number of thioether (sulfide) groups is 1. The number of carbonyl (C=O) groups excluding carboxylic acids is 2. The molecule has 6 heteroatoms. The molecule has 1 aromatic rings. The SMILES string of the molecule is CSCC(C)(O)CNC(=O)c1cc(C(C)=O)c[nH]1. The van der Waals surface area contributed by atoms with Gasteiger partial charge in [-0.05, 0) is 26.2 Å². The van der Waals surface area contributed by atoms with E-state index in [9.17, 15) is 14.7 Å². The second-order valence-electron chi connectivity index (χ2n) is 4.47. The van der Waals surface area contributed by atoms with Gasteiger partial charge in [-0.1, -0.05) is 0 Å². The number of Topliss-reactive ketones (excluding diaryl/α,β-unsaturated/α-hetero) is 1.